The molecule has 2 aromatic rings. The first-order valence-electron chi connectivity index (χ1n) is 18.9. The van der Waals surface area contributed by atoms with Crippen molar-refractivity contribution in [2.75, 3.05) is 7.11 Å². The molecule has 7 atom stereocenters. The van der Waals surface area contributed by atoms with E-state index >= 15 is 0 Å². The molecule has 10 nitrogen and oxygen atoms in total. The molecule has 0 saturated carbocycles. The smallest absolute Gasteiger partial charge is 0.358 e. The van der Waals surface area contributed by atoms with E-state index in [1.807, 2.05) is 108 Å². The molecule has 4 rings (SSSR count). The molecule has 0 aliphatic carbocycles. The number of aliphatic hydroxyl groups excluding tert-OH is 2. The highest BCUT2D eigenvalue weighted by Crippen LogP contribution is 2.34. The Bertz CT molecular complexity index is 1770. The molecule has 2 aliphatic rings. The Kier molecular flexibility index (Phi) is 16.7. The number of esters is 2. The molecule has 1 fully saturated rings. The first-order valence-corrected chi connectivity index (χ1v) is 20.7. The van der Waals surface area contributed by atoms with E-state index < -0.39 is 47.2 Å². The Labute approximate surface area is 334 Å². The van der Waals surface area contributed by atoms with Gasteiger partial charge in [0, 0.05) is 60.0 Å². The predicted octanol–water partition coefficient (Wildman–Crippen LogP) is 7.99. The maximum Gasteiger partial charge on any atom is 0.358 e. The molecule has 0 unspecified atom stereocenters. The van der Waals surface area contributed by atoms with Gasteiger partial charge >= 0.3 is 11.9 Å². The van der Waals surface area contributed by atoms with Crippen LogP contribution in [0, 0.1) is 10.8 Å². The maximum absolute atomic E-state index is 13.4. The van der Waals surface area contributed by atoms with Gasteiger partial charge < -0.3 is 29.7 Å². The summed E-state index contributed by atoms with van der Waals surface area (Å²) in [6, 6.07) is 0.256. The number of rotatable bonds is 8. The average Bonchev–Trinajstić information content (AvgIpc) is 3.47. The summed E-state index contributed by atoms with van der Waals surface area (Å²) in [7, 11) is 1.62. The number of methoxy groups -OCH3 is 1. The molecule has 0 radical (unpaired) electrons. The van der Waals surface area contributed by atoms with Gasteiger partial charge in [-0.1, -0.05) is 120 Å². The number of aromatic nitrogens is 2. The monoisotopic (exact) mass is 791 g/mol. The summed E-state index contributed by atoms with van der Waals surface area (Å²) < 4.78 is 17.8. The van der Waals surface area contributed by atoms with Gasteiger partial charge in [-0.15, -0.1) is 22.7 Å². The number of carbonyl (C=O) groups excluding carboxylic acids is 2. The lowest BCUT2D eigenvalue weighted by molar-refractivity contribution is -0.0636. The number of aliphatic hydroxyl groups is 2. The van der Waals surface area contributed by atoms with E-state index in [2.05, 4.69) is 21.4 Å². The second-order valence-corrected chi connectivity index (χ2v) is 16.8. The molecule has 0 amide bonds. The van der Waals surface area contributed by atoms with Crippen molar-refractivity contribution >= 4 is 40.7 Å². The lowest BCUT2D eigenvalue weighted by Crippen LogP contribution is -2.43. The SMILES string of the molecule is C/C=C/[C@H](O)C(C)(C)[C@@H]1C/C=C\[C@H]2N[C@H]2/C=C/C=C\c2nc(cs2)C(=O)O[C@H](C(C)(C)[C@@H](O)CCC)C\C=C/C=C\C=C\[C@H](OC)Cc2nc(cs2)C(=O)O1. The highest BCUT2D eigenvalue weighted by atomic mass is 32.1. The van der Waals surface area contributed by atoms with Crippen LogP contribution in [0.2, 0.25) is 0 Å². The molecule has 1 saturated heterocycles. The van der Waals surface area contributed by atoms with E-state index in [-0.39, 0.29) is 29.6 Å². The van der Waals surface area contributed by atoms with Gasteiger partial charge in [-0.05, 0) is 19.4 Å². The second-order valence-electron chi connectivity index (χ2n) is 14.9. The zero-order valence-corrected chi connectivity index (χ0v) is 34.6. The minimum absolute atomic E-state index is 0.119. The van der Waals surface area contributed by atoms with Crippen LogP contribution >= 0.6 is 22.7 Å². The molecule has 0 spiro atoms. The van der Waals surface area contributed by atoms with Crippen LogP contribution in [-0.2, 0) is 20.6 Å². The van der Waals surface area contributed by atoms with Crippen molar-refractivity contribution in [2.45, 2.75) is 116 Å². The summed E-state index contributed by atoms with van der Waals surface area (Å²) in [6.07, 6.45) is 26.3. The fourth-order valence-electron chi connectivity index (χ4n) is 6.01. The topological polar surface area (TPSA) is 150 Å². The van der Waals surface area contributed by atoms with Crippen LogP contribution in [-0.4, -0.2) is 81.8 Å². The number of fused-ring (bicyclic) bond motifs is 5. The minimum atomic E-state index is -0.828. The largest absolute Gasteiger partial charge is 0.457 e. The first kappa shape index (κ1) is 43.9. The van der Waals surface area contributed by atoms with Crippen molar-refractivity contribution in [3.8, 4) is 0 Å². The Morgan fingerprint density at radius 3 is 2.22 bits per heavy atom. The summed E-state index contributed by atoms with van der Waals surface area (Å²) in [6.45, 7) is 11.5. The minimum Gasteiger partial charge on any atom is -0.457 e. The van der Waals surface area contributed by atoms with Gasteiger partial charge in [-0.3, -0.25) is 0 Å². The van der Waals surface area contributed by atoms with Gasteiger partial charge in [-0.2, -0.15) is 0 Å². The van der Waals surface area contributed by atoms with Gasteiger partial charge in [0.1, 0.15) is 17.2 Å². The molecular formula is C43H57N3O7S2. The Hall–Kier alpha value is -3.78. The fraction of sp³-hybridized carbons (Fsp3) is 0.488. The standard InChI is InChI=1S/C43H57N3O7S2/c1-8-18-34(47)42(3,4)36-23-14-12-10-11-13-20-29(51-7)26-39-46-33(28-55-39)41(50)53-37(43(5,6)35(48)19-9-2)24-17-22-31-30(44-31)21-15-16-25-38-45-32(27-54-38)40(49)52-36/h9-17,19-22,25,27-31,34-37,44,47-48H,8,18,23-24,26H2,1-7H3/b11-10-,14-12-,19-9+,20-13+,21-15+,22-17-,25-16-/t29-,30-,31+,34-,35-,36-,37-/m0/s1. The van der Waals surface area contributed by atoms with Crippen molar-refractivity contribution in [1.29, 1.82) is 0 Å². The molecule has 2 aromatic heterocycles. The fourth-order valence-corrected chi connectivity index (χ4v) is 7.51. The number of thiazole rings is 2. The van der Waals surface area contributed by atoms with Gasteiger partial charge in [0.25, 0.3) is 0 Å². The van der Waals surface area contributed by atoms with Gasteiger partial charge in [0.05, 0.1) is 23.3 Å². The summed E-state index contributed by atoms with van der Waals surface area (Å²) >= 11 is 2.72. The number of cyclic esters (lactones) is 2. The van der Waals surface area contributed by atoms with Gasteiger partial charge in [0.15, 0.2) is 11.4 Å². The van der Waals surface area contributed by atoms with E-state index in [9.17, 15) is 19.8 Å². The number of nitrogens with one attached hydrogen (secondary N) is 1. The van der Waals surface area contributed by atoms with E-state index in [1.165, 1.54) is 22.7 Å². The Morgan fingerprint density at radius 1 is 0.873 bits per heavy atom. The Morgan fingerprint density at radius 2 is 1.51 bits per heavy atom. The quantitative estimate of drug-likeness (QED) is 0.136. The van der Waals surface area contributed by atoms with Crippen LogP contribution in [0.25, 0.3) is 6.08 Å². The molecule has 2 aliphatic heterocycles. The number of nitrogens with zero attached hydrogens (tertiary/aromatic N) is 2. The van der Waals surface area contributed by atoms with Gasteiger partial charge in [0.2, 0.25) is 0 Å². The number of carbonyl (C=O) groups is 2. The van der Waals surface area contributed by atoms with Crippen LogP contribution in [0.4, 0.5) is 0 Å². The van der Waals surface area contributed by atoms with Crippen LogP contribution < -0.4 is 5.32 Å². The van der Waals surface area contributed by atoms with E-state index in [0.29, 0.717) is 30.7 Å². The van der Waals surface area contributed by atoms with Crippen molar-refractivity contribution < 1.29 is 34.0 Å². The van der Waals surface area contributed by atoms with Gasteiger partial charge in [-0.25, -0.2) is 19.6 Å². The van der Waals surface area contributed by atoms with E-state index in [0.717, 1.165) is 11.4 Å². The van der Waals surface area contributed by atoms with E-state index in [1.54, 1.807) is 30.0 Å². The number of allylic oxidation sites excluding steroid dienone is 7. The molecule has 4 heterocycles. The van der Waals surface area contributed by atoms with Crippen molar-refractivity contribution in [2.24, 2.45) is 10.8 Å². The summed E-state index contributed by atoms with van der Waals surface area (Å²) in [4.78, 5) is 35.8. The second kappa shape index (κ2) is 20.9. The normalized spacial score (nSPS) is 28.1. The zero-order valence-electron chi connectivity index (χ0n) is 33.0. The number of ether oxygens (including phenoxy) is 3. The van der Waals surface area contributed by atoms with Crippen LogP contribution in [0.1, 0.15) is 98.2 Å². The molecular weight excluding hydrogens is 735 g/mol. The van der Waals surface area contributed by atoms with Crippen molar-refractivity contribution in [1.82, 2.24) is 15.3 Å². The van der Waals surface area contributed by atoms with Crippen molar-refractivity contribution in [3.63, 3.8) is 0 Å². The predicted molar refractivity (Wildman–Crippen MR) is 221 cm³/mol. The molecule has 55 heavy (non-hydrogen) atoms. The summed E-state index contributed by atoms with van der Waals surface area (Å²) in [5.74, 6) is -1.06. The Balaban J connectivity index is 1.57. The number of hydrogen-bond acceptors (Lipinski definition) is 12. The van der Waals surface area contributed by atoms with Crippen LogP contribution in [0.5, 0.6) is 0 Å². The highest BCUT2D eigenvalue weighted by Gasteiger charge is 2.40. The third-order valence-electron chi connectivity index (χ3n) is 10.1. The molecule has 298 valence electrons. The lowest BCUT2D eigenvalue weighted by atomic mass is 9.77. The average molecular weight is 792 g/mol. The molecule has 4 bridgehead atoms. The zero-order chi connectivity index (χ0) is 40.0. The van der Waals surface area contributed by atoms with E-state index in [4.69, 9.17) is 14.2 Å². The number of hydrogen-bond donors (Lipinski definition) is 3. The highest BCUT2D eigenvalue weighted by molar-refractivity contribution is 7.10. The summed E-state index contributed by atoms with van der Waals surface area (Å²) in [5, 5.41) is 30.1. The lowest BCUT2D eigenvalue weighted by Gasteiger charge is -2.37. The first-order chi connectivity index (χ1) is 26.3. The molecule has 0 aromatic carbocycles. The van der Waals surface area contributed by atoms with Crippen LogP contribution in [0.3, 0.4) is 0 Å². The molecule has 12 heteroatoms. The van der Waals surface area contributed by atoms with Crippen LogP contribution in [0.15, 0.2) is 89.7 Å². The molecule has 3 N–H and O–H groups in total. The third kappa shape index (κ3) is 12.9. The summed E-state index contributed by atoms with van der Waals surface area (Å²) in [5.41, 5.74) is -1.02. The van der Waals surface area contributed by atoms with Crippen molar-refractivity contribution in [3.05, 3.63) is 111 Å². The maximum atomic E-state index is 13.4. The third-order valence-corrected chi connectivity index (χ3v) is 11.7.